The van der Waals surface area contributed by atoms with Gasteiger partial charge in [-0.2, -0.15) is 0 Å². The number of amides is 1. The lowest BCUT2D eigenvalue weighted by Gasteiger charge is -2.59. The zero-order valence-electron chi connectivity index (χ0n) is 16.3. The molecule has 1 N–H and O–H groups in total. The highest BCUT2D eigenvalue weighted by Gasteiger charge is 2.53. The number of rotatable bonds is 6. The van der Waals surface area contributed by atoms with E-state index in [1.807, 2.05) is 24.3 Å². The Kier molecular flexibility index (Phi) is 4.33. The van der Waals surface area contributed by atoms with Gasteiger partial charge >= 0.3 is 0 Å². The molecule has 4 bridgehead atoms. The molecule has 0 radical (unpaired) electrons. The number of nitrogens with zero attached hydrogens (tertiary/aromatic N) is 4. The van der Waals surface area contributed by atoms with Gasteiger partial charge in [0.1, 0.15) is 12.1 Å². The van der Waals surface area contributed by atoms with E-state index in [0.717, 1.165) is 23.4 Å². The van der Waals surface area contributed by atoms with E-state index in [2.05, 4.69) is 27.8 Å². The molecule has 4 saturated carbocycles. The molecule has 0 unspecified atom stereocenters. The third-order valence-electron chi connectivity index (χ3n) is 7.20. The summed E-state index contributed by atoms with van der Waals surface area (Å²) >= 11 is 0. The minimum atomic E-state index is -0.0344. The third kappa shape index (κ3) is 3.27. The normalized spacial score (nSPS) is 31.5. The van der Waals surface area contributed by atoms with Crippen molar-refractivity contribution in [1.29, 1.82) is 0 Å². The van der Waals surface area contributed by atoms with E-state index in [1.165, 1.54) is 44.9 Å². The van der Waals surface area contributed by atoms with E-state index in [4.69, 9.17) is 4.74 Å². The average molecular weight is 381 g/mol. The first-order valence-electron chi connectivity index (χ1n) is 10.4. The Morgan fingerprint density at radius 1 is 1.18 bits per heavy atom. The lowest BCUT2D eigenvalue weighted by molar-refractivity contribution is -0.127. The van der Waals surface area contributed by atoms with Crippen molar-refractivity contribution in [3.63, 3.8) is 0 Å². The lowest BCUT2D eigenvalue weighted by atomic mass is 9.48. The summed E-state index contributed by atoms with van der Waals surface area (Å²) in [6.45, 7) is 2.24. The SMILES string of the molecule is C[C@@H](NC(=O)COc1ccc(-n2cnnn2)cc1)C12CC3CC(CC(C3)C1)C2. The first-order chi connectivity index (χ1) is 13.6. The van der Waals surface area contributed by atoms with Gasteiger partial charge in [0.2, 0.25) is 0 Å². The van der Waals surface area contributed by atoms with E-state index < -0.39 is 0 Å². The van der Waals surface area contributed by atoms with Crippen molar-refractivity contribution in [2.75, 3.05) is 6.61 Å². The molecule has 0 spiro atoms. The average Bonchev–Trinajstić information content (AvgIpc) is 3.20. The molecule has 1 amide bonds. The van der Waals surface area contributed by atoms with Crippen LogP contribution in [-0.4, -0.2) is 38.8 Å². The number of nitrogens with one attached hydrogen (secondary N) is 1. The Morgan fingerprint density at radius 2 is 1.82 bits per heavy atom. The second-order valence-corrected chi connectivity index (χ2v) is 9.11. The van der Waals surface area contributed by atoms with Crippen LogP contribution in [0.2, 0.25) is 0 Å². The molecule has 1 aromatic carbocycles. The van der Waals surface area contributed by atoms with Gasteiger partial charge in [0.25, 0.3) is 5.91 Å². The van der Waals surface area contributed by atoms with E-state index in [0.29, 0.717) is 11.2 Å². The molecule has 0 saturated heterocycles. The maximum atomic E-state index is 12.5. The Labute approximate surface area is 164 Å². The van der Waals surface area contributed by atoms with Gasteiger partial charge in [-0.05, 0) is 103 Å². The fourth-order valence-corrected chi connectivity index (χ4v) is 6.27. The van der Waals surface area contributed by atoms with Crippen LogP contribution in [0.15, 0.2) is 30.6 Å². The molecule has 0 aliphatic heterocycles. The quantitative estimate of drug-likeness (QED) is 0.832. The number of carbonyl (C=O) groups excluding carboxylic acids is 1. The molecule has 2 aromatic rings. The number of carbonyl (C=O) groups is 1. The van der Waals surface area contributed by atoms with Gasteiger partial charge in [0.05, 0.1) is 5.69 Å². The second-order valence-electron chi connectivity index (χ2n) is 9.11. The molecular weight excluding hydrogens is 354 g/mol. The summed E-state index contributed by atoms with van der Waals surface area (Å²) in [5.41, 5.74) is 1.16. The summed E-state index contributed by atoms with van der Waals surface area (Å²) in [5, 5.41) is 14.3. The van der Waals surface area contributed by atoms with Crippen LogP contribution in [-0.2, 0) is 4.79 Å². The topological polar surface area (TPSA) is 81.9 Å². The zero-order valence-corrected chi connectivity index (χ0v) is 16.3. The van der Waals surface area contributed by atoms with Crippen molar-refractivity contribution in [2.24, 2.45) is 23.2 Å². The van der Waals surface area contributed by atoms with E-state index >= 15 is 0 Å². The van der Waals surface area contributed by atoms with Gasteiger partial charge in [-0.3, -0.25) is 4.79 Å². The van der Waals surface area contributed by atoms with E-state index in [-0.39, 0.29) is 18.6 Å². The molecule has 1 aromatic heterocycles. The molecule has 148 valence electrons. The fourth-order valence-electron chi connectivity index (χ4n) is 6.27. The first-order valence-corrected chi connectivity index (χ1v) is 10.4. The maximum Gasteiger partial charge on any atom is 0.258 e. The largest absolute Gasteiger partial charge is 0.484 e. The number of hydrogen-bond acceptors (Lipinski definition) is 5. The summed E-state index contributed by atoms with van der Waals surface area (Å²) in [7, 11) is 0. The molecular formula is C21H27N5O2. The summed E-state index contributed by atoms with van der Waals surface area (Å²) in [6, 6.07) is 7.60. The van der Waals surface area contributed by atoms with Gasteiger partial charge in [0, 0.05) is 6.04 Å². The molecule has 4 fully saturated rings. The third-order valence-corrected chi connectivity index (χ3v) is 7.20. The summed E-state index contributed by atoms with van der Waals surface area (Å²) in [6.07, 6.45) is 9.67. The van der Waals surface area contributed by atoms with Crippen molar-refractivity contribution >= 4 is 5.91 Å². The van der Waals surface area contributed by atoms with Gasteiger partial charge in [-0.15, -0.1) is 5.10 Å². The zero-order chi connectivity index (χ0) is 19.1. The molecule has 6 rings (SSSR count). The number of tetrazole rings is 1. The van der Waals surface area contributed by atoms with Gasteiger partial charge in [-0.1, -0.05) is 0 Å². The Balaban J connectivity index is 1.15. The maximum absolute atomic E-state index is 12.5. The van der Waals surface area contributed by atoms with Crippen molar-refractivity contribution < 1.29 is 9.53 Å². The molecule has 7 nitrogen and oxygen atoms in total. The van der Waals surface area contributed by atoms with Crippen LogP contribution >= 0.6 is 0 Å². The van der Waals surface area contributed by atoms with Gasteiger partial charge in [0.15, 0.2) is 6.61 Å². The van der Waals surface area contributed by atoms with Crippen molar-refractivity contribution in [1.82, 2.24) is 25.5 Å². The second kappa shape index (κ2) is 6.87. The minimum absolute atomic E-state index is 0.0344. The molecule has 4 aliphatic carbocycles. The van der Waals surface area contributed by atoms with Crippen LogP contribution in [0.3, 0.4) is 0 Å². The monoisotopic (exact) mass is 381 g/mol. The molecule has 4 aliphatic rings. The summed E-state index contributed by atoms with van der Waals surface area (Å²) in [4.78, 5) is 12.5. The highest BCUT2D eigenvalue weighted by Crippen LogP contribution is 2.61. The predicted octanol–water partition coefficient (Wildman–Crippen LogP) is 2.76. The molecule has 1 atom stereocenters. The first kappa shape index (κ1) is 17.6. The van der Waals surface area contributed by atoms with Crippen LogP contribution in [0.5, 0.6) is 5.75 Å². The number of benzene rings is 1. The number of hydrogen-bond donors (Lipinski definition) is 1. The lowest BCUT2D eigenvalue weighted by Crippen LogP contribution is -2.56. The van der Waals surface area contributed by atoms with Crippen molar-refractivity contribution in [2.45, 2.75) is 51.5 Å². The smallest absolute Gasteiger partial charge is 0.258 e. The predicted molar refractivity (Wildman–Crippen MR) is 103 cm³/mol. The number of aromatic nitrogens is 4. The van der Waals surface area contributed by atoms with E-state index in [9.17, 15) is 4.79 Å². The highest BCUT2D eigenvalue weighted by molar-refractivity contribution is 5.77. The Morgan fingerprint density at radius 3 is 2.39 bits per heavy atom. The van der Waals surface area contributed by atoms with Crippen LogP contribution in [0.1, 0.15) is 45.4 Å². The fraction of sp³-hybridized carbons (Fsp3) is 0.619. The Bertz CT molecular complexity index is 798. The molecule has 1 heterocycles. The summed E-state index contributed by atoms with van der Waals surface area (Å²) in [5.74, 6) is 3.30. The van der Waals surface area contributed by atoms with Crippen LogP contribution in [0.25, 0.3) is 5.69 Å². The van der Waals surface area contributed by atoms with Crippen LogP contribution < -0.4 is 10.1 Å². The number of ether oxygens (including phenoxy) is 1. The highest BCUT2D eigenvalue weighted by atomic mass is 16.5. The summed E-state index contributed by atoms with van der Waals surface area (Å²) < 4.78 is 7.26. The van der Waals surface area contributed by atoms with E-state index in [1.54, 1.807) is 4.68 Å². The Hall–Kier alpha value is -2.44. The van der Waals surface area contributed by atoms with Crippen molar-refractivity contribution in [3.8, 4) is 11.4 Å². The molecule has 7 heteroatoms. The van der Waals surface area contributed by atoms with Gasteiger partial charge < -0.3 is 10.1 Å². The van der Waals surface area contributed by atoms with Gasteiger partial charge in [-0.25, -0.2) is 4.68 Å². The molecule has 28 heavy (non-hydrogen) atoms. The standard InChI is InChI=1S/C21H27N5O2/c1-14(21-9-15-6-16(10-21)8-17(7-15)11-21)23-20(27)12-28-19-4-2-18(3-5-19)26-13-22-24-25-26/h2-5,13-17H,6-12H2,1H3,(H,23,27)/t14-,15?,16?,17?,21?/m1/s1. The van der Waals surface area contributed by atoms with Crippen molar-refractivity contribution in [3.05, 3.63) is 30.6 Å². The van der Waals surface area contributed by atoms with Crippen LogP contribution in [0, 0.1) is 23.2 Å². The minimum Gasteiger partial charge on any atom is -0.484 e. The van der Waals surface area contributed by atoms with Crippen LogP contribution in [0.4, 0.5) is 0 Å².